The maximum atomic E-state index is 6.01. The fourth-order valence-corrected chi connectivity index (χ4v) is 2.26. The second kappa shape index (κ2) is 5.81. The van der Waals surface area contributed by atoms with E-state index in [2.05, 4.69) is 10.3 Å². The van der Waals surface area contributed by atoms with E-state index in [-0.39, 0.29) is 0 Å². The minimum atomic E-state index is 0.667. The van der Waals surface area contributed by atoms with Crippen LogP contribution >= 0.6 is 11.6 Å². The summed E-state index contributed by atoms with van der Waals surface area (Å²) >= 11 is 5.97. The Morgan fingerprint density at radius 2 is 2.15 bits per heavy atom. The lowest BCUT2D eigenvalue weighted by Crippen LogP contribution is -2.15. The minimum absolute atomic E-state index is 0.667. The third-order valence-corrected chi connectivity index (χ3v) is 3.61. The largest absolute Gasteiger partial charge is 0.457 e. The van der Waals surface area contributed by atoms with Gasteiger partial charge in [-0.25, -0.2) is 0 Å². The quantitative estimate of drug-likeness (QED) is 0.900. The number of halogens is 1. The Bertz CT molecular complexity index is 611. The van der Waals surface area contributed by atoms with Crippen LogP contribution < -0.4 is 10.1 Å². The molecule has 0 bridgehead atoms. The first-order valence-electron chi connectivity index (χ1n) is 6.82. The van der Waals surface area contributed by atoms with Crippen LogP contribution in [-0.4, -0.2) is 11.0 Å². The van der Waals surface area contributed by atoms with Gasteiger partial charge in [0.2, 0.25) is 0 Å². The van der Waals surface area contributed by atoms with Crippen LogP contribution in [0, 0.1) is 6.92 Å². The highest BCUT2D eigenvalue weighted by molar-refractivity contribution is 6.30. The number of nitrogens with one attached hydrogen (secondary N) is 1. The predicted molar refractivity (Wildman–Crippen MR) is 80.4 cm³/mol. The number of aromatic nitrogens is 1. The Balaban J connectivity index is 1.78. The molecule has 0 aliphatic heterocycles. The van der Waals surface area contributed by atoms with Gasteiger partial charge in [0, 0.05) is 35.6 Å². The number of hydrogen-bond donors (Lipinski definition) is 1. The van der Waals surface area contributed by atoms with Crippen LogP contribution in [0.25, 0.3) is 0 Å². The standard InChI is InChI=1S/C16H17ClN2O/c1-11-8-13(17)2-5-15(11)20-16-6-7-18-9-12(16)10-19-14-3-4-14/h2,5-9,14,19H,3-4,10H2,1H3. The molecular formula is C16H17ClN2O. The molecule has 3 nitrogen and oxygen atoms in total. The summed E-state index contributed by atoms with van der Waals surface area (Å²) < 4.78 is 6.01. The molecule has 0 atom stereocenters. The van der Waals surface area contributed by atoms with Crippen LogP contribution in [-0.2, 0) is 6.54 Å². The molecule has 0 radical (unpaired) electrons. The van der Waals surface area contributed by atoms with Gasteiger partial charge in [-0.15, -0.1) is 0 Å². The van der Waals surface area contributed by atoms with E-state index in [0.29, 0.717) is 6.04 Å². The highest BCUT2D eigenvalue weighted by Crippen LogP contribution is 2.29. The van der Waals surface area contributed by atoms with Crippen molar-refractivity contribution in [1.29, 1.82) is 0 Å². The fourth-order valence-electron chi connectivity index (χ4n) is 2.03. The Morgan fingerprint density at radius 1 is 1.30 bits per heavy atom. The number of nitrogens with zero attached hydrogens (tertiary/aromatic N) is 1. The maximum Gasteiger partial charge on any atom is 0.135 e. The van der Waals surface area contributed by atoms with Crippen molar-refractivity contribution in [1.82, 2.24) is 10.3 Å². The van der Waals surface area contributed by atoms with Gasteiger partial charge in [0.1, 0.15) is 11.5 Å². The Kier molecular flexibility index (Phi) is 3.90. The van der Waals surface area contributed by atoms with Gasteiger partial charge in [-0.1, -0.05) is 11.6 Å². The molecule has 3 rings (SSSR count). The van der Waals surface area contributed by atoms with Crippen molar-refractivity contribution in [2.45, 2.75) is 32.4 Å². The first kappa shape index (κ1) is 13.4. The molecule has 0 saturated heterocycles. The summed E-state index contributed by atoms with van der Waals surface area (Å²) in [5.74, 6) is 1.67. The van der Waals surface area contributed by atoms with Gasteiger partial charge in [-0.2, -0.15) is 0 Å². The van der Waals surface area contributed by atoms with Crippen LogP contribution in [0.3, 0.4) is 0 Å². The molecule has 1 aliphatic rings. The fraction of sp³-hybridized carbons (Fsp3) is 0.312. The van der Waals surface area contributed by atoms with Gasteiger partial charge >= 0.3 is 0 Å². The zero-order valence-electron chi connectivity index (χ0n) is 11.4. The zero-order chi connectivity index (χ0) is 13.9. The molecule has 20 heavy (non-hydrogen) atoms. The molecule has 104 valence electrons. The lowest BCUT2D eigenvalue weighted by molar-refractivity contribution is 0.468. The number of hydrogen-bond acceptors (Lipinski definition) is 3. The molecule has 1 aliphatic carbocycles. The predicted octanol–water partition coefficient (Wildman–Crippen LogP) is 4.09. The van der Waals surface area contributed by atoms with Crippen LogP contribution in [0.4, 0.5) is 0 Å². The molecule has 1 saturated carbocycles. The SMILES string of the molecule is Cc1cc(Cl)ccc1Oc1ccncc1CNC1CC1. The first-order chi connectivity index (χ1) is 9.72. The van der Waals surface area contributed by atoms with Gasteiger partial charge < -0.3 is 10.1 Å². The molecule has 1 aromatic carbocycles. The van der Waals surface area contributed by atoms with Crippen molar-refractivity contribution < 1.29 is 4.74 Å². The third-order valence-electron chi connectivity index (χ3n) is 3.37. The Hall–Kier alpha value is -1.58. The van der Waals surface area contributed by atoms with E-state index >= 15 is 0 Å². The van der Waals surface area contributed by atoms with Gasteiger partial charge in [0.15, 0.2) is 0 Å². The molecular weight excluding hydrogens is 272 g/mol. The van der Waals surface area contributed by atoms with Crippen LogP contribution in [0.5, 0.6) is 11.5 Å². The minimum Gasteiger partial charge on any atom is -0.457 e. The normalized spacial score (nSPS) is 14.3. The van der Waals surface area contributed by atoms with E-state index < -0.39 is 0 Å². The first-order valence-corrected chi connectivity index (χ1v) is 7.20. The molecule has 1 N–H and O–H groups in total. The zero-order valence-corrected chi connectivity index (χ0v) is 12.2. The molecule has 0 unspecified atom stereocenters. The summed E-state index contributed by atoms with van der Waals surface area (Å²) in [6.45, 7) is 2.78. The van der Waals surface area contributed by atoms with Gasteiger partial charge in [0.25, 0.3) is 0 Å². The van der Waals surface area contributed by atoms with E-state index in [1.807, 2.05) is 37.4 Å². The monoisotopic (exact) mass is 288 g/mol. The molecule has 1 fully saturated rings. The molecule has 4 heteroatoms. The van der Waals surface area contributed by atoms with E-state index in [9.17, 15) is 0 Å². The smallest absolute Gasteiger partial charge is 0.135 e. The molecule has 1 aromatic heterocycles. The number of pyridine rings is 1. The second-order valence-corrected chi connectivity index (χ2v) is 5.59. The number of ether oxygens (including phenoxy) is 1. The highest BCUT2D eigenvalue weighted by atomic mass is 35.5. The Morgan fingerprint density at radius 3 is 2.90 bits per heavy atom. The summed E-state index contributed by atoms with van der Waals surface area (Å²) in [4.78, 5) is 4.18. The number of rotatable bonds is 5. The van der Waals surface area contributed by atoms with Gasteiger partial charge in [0.05, 0.1) is 0 Å². The Labute approximate surface area is 123 Å². The van der Waals surface area contributed by atoms with Gasteiger partial charge in [-0.05, 0) is 49.6 Å². The van der Waals surface area contributed by atoms with Crippen LogP contribution in [0.2, 0.25) is 5.02 Å². The maximum absolute atomic E-state index is 6.01. The van der Waals surface area contributed by atoms with Crippen molar-refractivity contribution in [2.24, 2.45) is 0 Å². The van der Waals surface area contributed by atoms with Crippen molar-refractivity contribution in [2.75, 3.05) is 0 Å². The summed E-state index contributed by atoms with van der Waals surface area (Å²) in [6.07, 6.45) is 6.15. The number of aryl methyl sites for hydroxylation is 1. The molecule has 1 heterocycles. The lowest BCUT2D eigenvalue weighted by Gasteiger charge is -2.13. The second-order valence-electron chi connectivity index (χ2n) is 5.15. The van der Waals surface area contributed by atoms with Crippen molar-refractivity contribution in [3.8, 4) is 11.5 Å². The topological polar surface area (TPSA) is 34.1 Å². The summed E-state index contributed by atoms with van der Waals surface area (Å²) in [6, 6.07) is 8.21. The summed E-state index contributed by atoms with van der Waals surface area (Å²) in [5, 5.41) is 4.20. The van der Waals surface area contributed by atoms with Crippen molar-refractivity contribution in [3.05, 3.63) is 52.8 Å². The molecule has 2 aromatic rings. The molecule has 0 amide bonds. The van der Waals surface area contributed by atoms with E-state index in [1.54, 1.807) is 6.20 Å². The van der Waals surface area contributed by atoms with Crippen molar-refractivity contribution in [3.63, 3.8) is 0 Å². The van der Waals surface area contributed by atoms with E-state index in [4.69, 9.17) is 16.3 Å². The van der Waals surface area contributed by atoms with E-state index in [1.165, 1.54) is 12.8 Å². The van der Waals surface area contributed by atoms with Crippen LogP contribution in [0.1, 0.15) is 24.0 Å². The molecule has 0 spiro atoms. The van der Waals surface area contributed by atoms with E-state index in [0.717, 1.165) is 34.2 Å². The van der Waals surface area contributed by atoms with Crippen molar-refractivity contribution >= 4 is 11.6 Å². The summed E-state index contributed by atoms with van der Waals surface area (Å²) in [5.41, 5.74) is 2.10. The average molecular weight is 289 g/mol. The summed E-state index contributed by atoms with van der Waals surface area (Å²) in [7, 11) is 0. The average Bonchev–Trinajstić information content (AvgIpc) is 3.25. The highest BCUT2D eigenvalue weighted by Gasteiger charge is 2.20. The lowest BCUT2D eigenvalue weighted by atomic mass is 10.2. The van der Waals surface area contributed by atoms with Gasteiger partial charge in [-0.3, -0.25) is 4.98 Å². The third kappa shape index (κ3) is 3.30. The number of benzene rings is 1. The van der Waals surface area contributed by atoms with Crippen LogP contribution in [0.15, 0.2) is 36.7 Å².